The van der Waals surface area contributed by atoms with Crippen LogP contribution in [0.2, 0.25) is 0 Å². The zero-order valence-corrected chi connectivity index (χ0v) is 13.2. The summed E-state index contributed by atoms with van der Waals surface area (Å²) in [6.07, 6.45) is 5.91. The van der Waals surface area contributed by atoms with E-state index < -0.39 is 0 Å². The topological polar surface area (TPSA) is 90.9 Å². The number of nitriles is 1. The van der Waals surface area contributed by atoms with E-state index in [1.165, 1.54) is 37.0 Å². The van der Waals surface area contributed by atoms with Crippen LogP contribution < -0.4 is 16.4 Å². The van der Waals surface area contributed by atoms with Crippen LogP contribution in [0.1, 0.15) is 54.3 Å². The number of nitrogens with one attached hydrogen (secondary N) is 2. The van der Waals surface area contributed by atoms with Gasteiger partial charge in [0.05, 0.1) is 5.69 Å². The minimum Gasteiger partial charge on any atom is -0.396 e. The number of anilines is 2. The summed E-state index contributed by atoms with van der Waals surface area (Å²) in [5, 5.41) is 16.1. The molecule has 1 aliphatic rings. The predicted molar refractivity (Wildman–Crippen MR) is 86.5 cm³/mol. The second kappa shape index (κ2) is 7.32. The van der Waals surface area contributed by atoms with Crippen molar-refractivity contribution in [3.05, 3.63) is 10.4 Å². The van der Waals surface area contributed by atoms with Gasteiger partial charge >= 0.3 is 0 Å². The average Bonchev–Trinajstić information content (AvgIpc) is 3.10. The van der Waals surface area contributed by atoms with Crippen molar-refractivity contribution < 1.29 is 4.79 Å². The lowest BCUT2D eigenvalue weighted by Gasteiger charge is -2.10. The Bertz CT molecular complexity index is 541. The number of nitrogens with zero attached hydrogens (tertiary/aromatic N) is 1. The van der Waals surface area contributed by atoms with Crippen LogP contribution in [-0.2, 0) is 0 Å². The molecule has 0 aliphatic heterocycles. The highest BCUT2D eigenvalue weighted by Gasteiger charge is 2.22. The van der Waals surface area contributed by atoms with E-state index in [1.807, 2.05) is 6.92 Å². The van der Waals surface area contributed by atoms with Gasteiger partial charge < -0.3 is 16.4 Å². The van der Waals surface area contributed by atoms with Crippen LogP contribution in [0.25, 0.3) is 0 Å². The van der Waals surface area contributed by atoms with Crippen LogP contribution in [0.15, 0.2) is 0 Å². The van der Waals surface area contributed by atoms with Gasteiger partial charge in [0.2, 0.25) is 0 Å². The SMILES string of the molecule is CCCNC(=O)c1sc(NCC2CCCC2)c(C#N)c1N. The maximum atomic E-state index is 12.0. The molecule has 1 saturated carbocycles. The molecule has 0 radical (unpaired) electrons. The molecule has 6 heteroatoms. The van der Waals surface area contributed by atoms with E-state index in [1.54, 1.807) is 0 Å². The molecule has 1 heterocycles. The van der Waals surface area contributed by atoms with Gasteiger partial charge in [-0.3, -0.25) is 4.79 Å². The first-order chi connectivity index (χ1) is 10.2. The van der Waals surface area contributed by atoms with Gasteiger partial charge in [0.1, 0.15) is 21.5 Å². The van der Waals surface area contributed by atoms with Gasteiger partial charge in [0.15, 0.2) is 0 Å². The number of thiophene rings is 1. The van der Waals surface area contributed by atoms with Crippen molar-refractivity contribution in [1.29, 1.82) is 5.26 Å². The summed E-state index contributed by atoms with van der Waals surface area (Å²) in [5.74, 6) is 0.474. The van der Waals surface area contributed by atoms with Gasteiger partial charge in [0, 0.05) is 13.1 Å². The summed E-state index contributed by atoms with van der Waals surface area (Å²) in [6, 6.07) is 2.11. The fourth-order valence-corrected chi connectivity index (χ4v) is 3.61. The van der Waals surface area contributed by atoms with Crippen LogP contribution in [0, 0.1) is 17.2 Å². The highest BCUT2D eigenvalue weighted by atomic mass is 32.1. The first-order valence-electron chi connectivity index (χ1n) is 7.51. The number of nitrogens with two attached hydrogens (primary N) is 1. The van der Waals surface area contributed by atoms with E-state index in [4.69, 9.17) is 5.73 Å². The normalized spacial score (nSPS) is 14.9. The van der Waals surface area contributed by atoms with Gasteiger partial charge in [0.25, 0.3) is 5.91 Å². The predicted octanol–water partition coefficient (Wildman–Crippen LogP) is 2.94. The Labute approximate surface area is 129 Å². The van der Waals surface area contributed by atoms with Crippen molar-refractivity contribution in [2.45, 2.75) is 39.0 Å². The second-order valence-electron chi connectivity index (χ2n) is 5.45. The molecule has 114 valence electrons. The lowest BCUT2D eigenvalue weighted by Crippen LogP contribution is -2.23. The van der Waals surface area contributed by atoms with Crippen molar-refractivity contribution in [2.75, 3.05) is 24.1 Å². The van der Waals surface area contributed by atoms with E-state index in [2.05, 4.69) is 16.7 Å². The standard InChI is InChI=1S/C15H22N4OS/c1-2-7-18-14(20)13-12(17)11(8-16)15(21-13)19-9-10-5-3-4-6-10/h10,19H,2-7,9,17H2,1H3,(H,18,20). The summed E-state index contributed by atoms with van der Waals surface area (Å²) >= 11 is 1.28. The van der Waals surface area contributed by atoms with Crippen LogP contribution >= 0.6 is 11.3 Å². The molecule has 0 aromatic carbocycles. The van der Waals surface area contributed by atoms with Crippen LogP contribution in [0.5, 0.6) is 0 Å². The molecule has 0 atom stereocenters. The molecule has 1 amide bonds. The molecule has 1 aliphatic carbocycles. The quantitative estimate of drug-likeness (QED) is 0.753. The number of nitrogen functional groups attached to an aromatic ring is 1. The van der Waals surface area contributed by atoms with Crippen molar-refractivity contribution in [2.24, 2.45) is 5.92 Å². The van der Waals surface area contributed by atoms with Crippen LogP contribution in [-0.4, -0.2) is 19.0 Å². The van der Waals surface area contributed by atoms with Crippen LogP contribution in [0.4, 0.5) is 10.7 Å². The highest BCUT2D eigenvalue weighted by molar-refractivity contribution is 7.18. The summed E-state index contributed by atoms with van der Waals surface area (Å²) in [4.78, 5) is 12.5. The number of hydrogen-bond donors (Lipinski definition) is 3. The minimum atomic E-state index is -0.190. The third-order valence-corrected chi connectivity index (χ3v) is 4.99. The van der Waals surface area contributed by atoms with E-state index in [-0.39, 0.29) is 5.91 Å². The summed E-state index contributed by atoms with van der Waals surface area (Å²) in [7, 11) is 0. The third kappa shape index (κ3) is 3.67. The second-order valence-corrected chi connectivity index (χ2v) is 6.47. The Morgan fingerprint density at radius 1 is 1.48 bits per heavy atom. The average molecular weight is 306 g/mol. The van der Waals surface area contributed by atoms with Gasteiger partial charge in [-0.15, -0.1) is 11.3 Å². The van der Waals surface area contributed by atoms with E-state index in [9.17, 15) is 10.1 Å². The maximum absolute atomic E-state index is 12.0. The summed E-state index contributed by atoms with van der Waals surface area (Å²) in [5.41, 5.74) is 6.66. The number of amides is 1. The zero-order valence-electron chi connectivity index (χ0n) is 12.4. The third-order valence-electron chi connectivity index (χ3n) is 3.82. The first kappa shape index (κ1) is 15.6. The fraction of sp³-hybridized carbons (Fsp3) is 0.600. The van der Waals surface area contributed by atoms with Gasteiger partial charge in [-0.2, -0.15) is 5.26 Å². The largest absolute Gasteiger partial charge is 0.396 e. The van der Waals surface area contributed by atoms with Crippen molar-refractivity contribution >= 4 is 27.9 Å². The van der Waals surface area contributed by atoms with Gasteiger partial charge in [-0.05, 0) is 25.2 Å². The minimum absolute atomic E-state index is 0.190. The molecule has 2 rings (SSSR count). The molecule has 1 fully saturated rings. The summed E-state index contributed by atoms with van der Waals surface area (Å²) in [6.45, 7) is 3.46. The molecule has 0 saturated heterocycles. The van der Waals surface area contributed by atoms with Gasteiger partial charge in [-0.25, -0.2) is 0 Å². The Balaban J connectivity index is 2.09. The molecule has 4 N–H and O–H groups in total. The molecule has 1 aromatic heterocycles. The van der Waals surface area contributed by atoms with E-state index >= 15 is 0 Å². The number of carbonyl (C=O) groups is 1. The monoisotopic (exact) mass is 306 g/mol. The smallest absolute Gasteiger partial charge is 0.263 e. The number of hydrogen-bond acceptors (Lipinski definition) is 5. The van der Waals surface area contributed by atoms with Crippen LogP contribution in [0.3, 0.4) is 0 Å². The molecular weight excluding hydrogens is 284 g/mol. The van der Waals surface area contributed by atoms with Crippen molar-refractivity contribution in [3.63, 3.8) is 0 Å². The Morgan fingerprint density at radius 3 is 2.81 bits per heavy atom. The molecule has 0 unspecified atom stereocenters. The number of rotatable bonds is 6. The molecular formula is C15H22N4OS. The highest BCUT2D eigenvalue weighted by Crippen LogP contribution is 2.36. The zero-order chi connectivity index (χ0) is 15.2. The Kier molecular flexibility index (Phi) is 5.45. The molecule has 0 bridgehead atoms. The lowest BCUT2D eigenvalue weighted by molar-refractivity contribution is 0.0958. The number of carbonyl (C=O) groups excluding carboxylic acids is 1. The fourth-order valence-electron chi connectivity index (χ4n) is 2.62. The van der Waals surface area contributed by atoms with Crippen molar-refractivity contribution in [3.8, 4) is 6.07 Å². The van der Waals surface area contributed by atoms with E-state index in [0.717, 1.165) is 18.0 Å². The molecule has 5 nitrogen and oxygen atoms in total. The molecule has 21 heavy (non-hydrogen) atoms. The molecule has 1 aromatic rings. The lowest BCUT2D eigenvalue weighted by atomic mass is 10.1. The van der Waals surface area contributed by atoms with Crippen molar-refractivity contribution in [1.82, 2.24) is 5.32 Å². The summed E-state index contributed by atoms with van der Waals surface area (Å²) < 4.78 is 0. The van der Waals surface area contributed by atoms with E-state index in [0.29, 0.717) is 28.6 Å². The Hall–Kier alpha value is -1.74. The van der Waals surface area contributed by atoms with Gasteiger partial charge in [-0.1, -0.05) is 19.8 Å². The molecule has 0 spiro atoms. The first-order valence-corrected chi connectivity index (χ1v) is 8.33. The Morgan fingerprint density at radius 2 is 2.19 bits per heavy atom. The maximum Gasteiger partial charge on any atom is 0.263 e.